The average molecular weight is 280 g/mol. The second-order valence-electron chi connectivity index (χ2n) is 5.18. The molecule has 2 atom stereocenters. The third-order valence-corrected chi connectivity index (χ3v) is 4.80. The zero-order valence-corrected chi connectivity index (χ0v) is 12.4. The Kier molecular flexibility index (Phi) is 3.94. The van der Waals surface area contributed by atoms with E-state index in [-0.39, 0.29) is 17.9 Å². The number of nitrogens with zero attached hydrogens (tertiary/aromatic N) is 1. The van der Waals surface area contributed by atoms with Crippen molar-refractivity contribution in [3.05, 3.63) is 22.4 Å². The fourth-order valence-electron chi connectivity index (χ4n) is 2.28. The number of carbonyl (C=O) groups excluding carboxylic acids is 2. The topological polar surface area (TPSA) is 49.4 Å². The van der Waals surface area contributed by atoms with Gasteiger partial charge in [0.25, 0.3) is 0 Å². The molecule has 4 nitrogen and oxygen atoms in total. The van der Waals surface area contributed by atoms with Crippen LogP contribution in [-0.2, 0) is 16.0 Å². The number of carbonyl (C=O) groups is 2. The summed E-state index contributed by atoms with van der Waals surface area (Å²) in [6.07, 6.45) is 1.42. The lowest BCUT2D eigenvalue weighted by molar-refractivity contribution is -0.153. The molecule has 0 bridgehead atoms. The molecule has 2 amide bonds. The van der Waals surface area contributed by atoms with E-state index >= 15 is 0 Å². The minimum absolute atomic E-state index is 0.0265. The zero-order chi connectivity index (χ0) is 14.0. The maximum atomic E-state index is 12.5. The molecule has 0 saturated carbocycles. The van der Waals surface area contributed by atoms with E-state index in [9.17, 15) is 9.59 Å². The fraction of sp³-hybridized carbons (Fsp3) is 0.571. The lowest BCUT2D eigenvalue weighted by atomic mass is 9.92. The molecule has 1 N–H and O–H groups in total. The highest BCUT2D eigenvalue weighted by Gasteiger charge is 2.44. The molecule has 1 aromatic rings. The van der Waals surface area contributed by atoms with Crippen molar-refractivity contribution in [2.45, 2.75) is 45.2 Å². The van der Waals surface area contributed by atoms with Crippen molar-refractivity contribution in [2.24, 2.45) is 0 Å². The second kappa shape index (κ2) is 5.33. The van der Waals surface area contributed by atoms with E-state index in [0.717, 1.165) is 6.42 Å². The SMILES string of the molecule is CCC1(C)NC(=O)C(C)N(CCc2cccs2)C1=O. The molecule has 1 fully saturated rings. The summed E-state index contributed by atoms with van der Waals surface area (Å²) < 4.78 is 0. The van der Waals surface area contributed by atoms with Crippen LogP contribution in [0.5, 0.6) is 0 Å². The summed E-state index contributed by atoms with van der Waals surface area (Å²) in [4.78, 5) is 27.4. The first-order valence-electron chi connectivity index (χ1n) is 6.63. The lowest BCUT2D eigenvalue weighted by Gasteiger charge is -2.43. The molecule has 1 aliphatic rings. The van der Waals surface area contributed by atoms with Gasteiger partial charge >= 0.3 is 0 Å². The number of amides is 2. The summed E-state index contributed by atoms with van der Waals surface area (Å²) in [6, 6.07) is 3.68. The summed E-state index contributed by atoms with van der Waals surface area (Å²) in [5.74, 6) is -0.0335. The number of rotatable bonds is 4. The van der Waals surface area contributed by atoms with E-state index in [0.29, 0.717) is 13.0 Å². The standard InChI is InChI=1S/C14H20N2O2S/c1-4-14(3)13(18)16(10(2)12(17)15-14)8-7-11-6-5-9-19-11/h5-6,9-10H,4,7-8H2,1-3H3,(H,15,17). The van der Waals surface area contributed by atoms with Gasteiger partial charge in [-0.3, -0.25) is 9.59 Å². The van der Waals surface area contributed by atoms with Gasteiger partial charge in [0.15, 0.2) is 0 Å². The molecular weight excluding hydrogens is 260 g/mol. The maximum Gasteiger partial charge on any atom is 0.248 e. The van der Waals surface area contributed by atoms with Gasteiger partial charge in [-0.1, -0.05) is 13.0 Å². The van der Waals surface area contributed by atoms with Crippen molar-refractivity contribution < 1.29 is 9.59 Å². The monoisotopic (exact) mass is 280 g/mol. The van der Waals surface area contributed by atoms with Crippen LogP contribution in [0.2, 0.25) is 0 Å². The van der Waals surface area contributed by atoms with Gasteiger partial charge in [0.05, 0.1) is 0 Å². The molecule has 0 aliphatic carbocycles. The minimum atomic E-state index is -0.751. The fourth-order valence-corrected chi connectivity index (χ4v) is 2.98. The molecule has 104 valence electrons. The van der Waals surface area contributed by atoms with Gasteiger partial charge in [-0.2, -0.15) is 0 Å². The van der Waals surface area contributed by atoms with Crippen LogP contribution in [0.25, 0.3) is 0 Å². The predicted molar refractivity (Wildman–Crippen MR) is 76.0 cm³/mol. The van der Waals surface area contributed by atoms with Crippen LogP contribution in [0.15, 0.2) is 17.5 Å². The molecule has 5 heteroatoms. The highest BCUT2D eigenvalue weighted by atomic mass is 32.1. The predicted octanol–water partition coefficient (Wildman–Crippen LogP) is 1.81. The average Bonchev–Trinajstić information content (AvgIpc) is 2.90. The van der Waals surface area contributed by atoms with Crippen LogP contribution >= 0.6 is 11.3 Å². The van der Waals surface area contributed by atoms with Crippen molar-refractivity contribution >= 4 is 23.2 Å². The van der Waals surface area contributed by atoms with E-state index in [1.807, 2.05) is 18.4 Å². The molecule has 0 radical (unpaired) electrons. The van der Waals surface area contributed by atoms with Gasteiger partial charge in [-0.25, -0.2) is 0 Å². The van der Waals surface area contributed by atoms with Crippen molar-refractivity contribution in [3.63, 3.8) is 0 Å². The molecular formula is C14H20N2O2S. The summed E-state index contributed by atoms with van der Waals surface area (Å²) in [7, 11) is 0. The molecule has 2 rings (SSSR count). The third-order valence-electron chi connectivity index (χ3n) is 3.87. The Morgan fingerprint density at radius 2 is 2.21 bits per heavy atom. The van der Waals surface area contributed by atoms with Gasteiger partial charge in [-0.15, -0.1) is 11.3 Å². The first-order valence-corrected chi connectivity index (χ1v) is 7.51. The zero-order valence-electron chi connectivity index (χ0n) is 11.6. The number of piperazine rings is 1. The molecule has 1 saturated heterocycles. The Morgan fingerprint density at radius 3 is 2.79 bits per heavy atom. The van der Waals surface area contributed by atoms with Crippen LogP contribution in [0.3, 0.4) is 0 Å². The number of nitrogens with one attached hydrogen (secondary N) is 1. The van der Waals surface area contributed by atoms with Gasteiger partial charge in [0.1, 0.15) is 11.6 Å². The van der Waals surface area contributed by atoms with Crippen molar-refractivity contribution in [2.75, 3.05) is 6.54 Å². The number of hydrogen-bond donors (Lipinski definition) is 1. The molecule has 1 aliphatic heterocycles. The van der Waals surface area contributed by atoms with Crippen LogP contribution in [-0.4, -0.2) is 34.8 Å². The number of thiophene rings is 1. The summed E-state index contributed by atoms with van der Waals surface area (Å²) in [5.41, 5.74) is -0.751. The maximum absolute atomic E-state index is 12.5. The second-order valence-corrected chi connectivity index (χ2v) is 6.21. The quantitative estimate of drug-likeness (QED) is 0.914. The third kappa shape index (κ3) is 2.66. The van der Waals surface area contributed by atoms with Gasteiger partial charge in [0.2, 0.25) is 11.8 Å². The normalized spacial score (nSPS) is 27.5. The number of hydrogen-bond acceptors (Lipinski definition) is 3. The summed E-state index contributed by atoms with van der Waals surface area (Å²) in [6.45, 7) is 6.11. The van der Waals surface area contributed by atoms with Gasteiger partial charge < -0.3 is 10.2 Å². The Balaban J connectivity index is 2.11. The van der Waals surface area contributed by atoms with E-state index in [2.05, 4.69) is 11.4 Å². The summed E-state index contributed by atoms with van der Waals surface area (Å²) in [5, 5.41) is 4.87. The Hall–Kier alpha value is -1.36. The van der Waals surface area contributed by atoms with Crippen LogP contribution < -0.4 is 5.32 Å². The van der Waals surface area contributed by atoms with E-state index in [1.54, 1.807) is 30.1 Å². The first kappa shape index (κ1) is 14.1. The van der Waals surface area contributed by atoms with E-state index < -0.39 is 5.54 Å². The van der Waals surface area contributed by atoms with Crippen molar-refractivity contribution in [1.29, 1.82) is 0 Å². The first-order chi connectivity index (χ1) is 8.98. The van der Waals surface area contributed by atoms with E-state index in [1.165, 1.54) is 4.88 Å². The van der Waals surface area contributed by atoms with Crippen molar-refractivity contribution in [3.8, 4) is 0 Å². The molecule has 0 aromatic carbocycles. The molecule has 19 heavy (non-hydrogen) atoms. The van der Waals surface area contributed by atoms with Crippen LogP contribution in [0, 0.1) is 0 Å². The Labute approximate surface area is 117 Å². The molecule has 2 heterocycles. The van der Waals surface area contributed by atoms with E-state index in [4.69, 9.17) is 0 Å². The van der Waals surface area contributed by atoms with Crippen LogP contribution in [0.1, 0.15) is 32.1 Å². The summed E-state index contributed by atoms with van der Waals surface area (Å²) >= 11 is 1.68. The van der Waals surface area contributed by atoms with Gasteiger partial charge in [0, 0.05) is 11.4 Å². The highest BCUT2D eigenvalue weighted by Crippen LogP contribution is 2.22. The minimum Gasteiger partial charge on any atom is -0.340 e. The van der Waals surface area contributed by atoms with Crippen LogP contribution in [0.4, 0.5) is 0 Å². The van der Waals surface area contributed by atoms with Crippen molar-refractivity contribution in [1.82, 2.24) is 10.2 Å². The smallest absolute Gasteiger partial charge is 0.248 e. The Bertz CT molecular complexity index is 472. The largest absolute Gasteiger partial charge is 0.340 e. The lowest BCUT2D eigenvalue weighted by Crippen LogP contribution is -2.68. The highest BCUT2D eigenvalue weighted by molar-refractivity contribution is 7.09. The Morgan fingerprint density at radius 1 is 1.47 bits per heavy atom. The molecule has 1 aromatic heterocycles. The molecule has 2 unspecified atom stereocenters. The molecule has 0 spiro atoms. The van der Waals surface area contributed by atoms with Gasteiger partial charge in [-0.05, 0) is 38.1 Å².